The number of carbonyl (C=O) groups excluding carboxylic acids is 2. The molecule has 3 rings (SSSR count). The number of aromatic amines is 1. The molecular weight excluding hydrogens is 306 g/mol. The Morgan fingerprint density at radius 3 is 2.62 bits per heavy atom. The van der Waals surface area contributed by atoms with Crippen LogP contribution in [-0.2, 0) is 4.74 Å². The van der Waals surface area contributed by atoms with Gasteiger partial charge in [-0.15, -0.1) is 0 Å². The minimum atomic E-state index is -0.961. The smallest absolute Gasteiger partial charge is 0.342 e. The van der Waals surface area contributed by atoms with E-state index in [9.17, 15) is 14.7 Å². The average molecular weight is 323 g/mol. The van der Waals surface area contributed by atoms with E-state index in [2.05, 4.69) is 4.98 Å². The molecule has 3 aromatic rings. The van der Waals surface area contributed by atoms with Crippen LogP contribution in [0.5, 0.6) is 5.75 Å². The zero-order valence-electron chi connectivity index (χ0n) is 13.4. The first kappa shape index (κ1) is 15.8. The average Bonchev–Trinajstić information content (AvgIpc) is 2.97. The lowest BCUT2D eigenvalue weighted by Crippen LogP contribution is -2.24. The molecule has 0 saturated heterocycles. The fraction of sp³-hybridized carbons (Fsp3) is 0.158. The van der Waals surface area contributed by atoms with Crippen LogP contribution in [0.2, 0.25) is 0 Å². The van der Waals surface area contributed by atoms with Crippen molar-refractivity contribution in [1.29, 1.82) is 0 Å². The summed E-state index contributed by atoms with van der Waals surface area (Å²) in [7, 11) is 0. The number of aromatic hydroxyl groups is 1. The summed E-state index contributed by atoms with van der Waals surface area (Å²) >= 11 is 0. The molecule has 24 heavy (non-hydrogen) atoms. The Hall–Kier alpha value is -3.08. The summed E-state index contributed by atoms with van der Waals surface area (Å²) in [5, 5.41) is 10.6. The van der Waals surface area contributed by atoms with Gasteiger partial charge in [0.05, 0.1) is 0 Å². The molecular formula is C19H17NO4. The Morgan fingerprint density at radius 2 is 1.88 bits per heavy atom. The molecule has 2 aromatic carbocycles. The van der Waals surface area contributed by atoms with E-state index in [0.717, 1.165) is 16.5 Å². The molecule has 5 nitrogen and oxygen atoms in total. The van der Waals surface area contributed by atoms with Crippen molar-refractivity contribution < 1.29 is 19.4 Å². The van der Waals surface area contributed by atoms with Gasteiger partial charge in [0.2, 0.25) is 5.78 Å². The monoisotopic (exact) mass is 323 g/mol. The second kappa shape index (κ2) is 6.20. The zero-order chi connectivity index (χ0) is 17.3. The van der Waals surface area contributed by atoms with E-state index in [-0.39, 0.29) is 17.1 Å². The number of hydrogen-bond acceptors (Lipinski definition) is 4. The molecule has 1 atom stereocenters. The number of phenolic OH excluding ortho intramolecular Hbond substituents is 1. The third-order valence-electron chi connectivity index (χ3n) is 3.88. The first-order valence-electron chi connectivity index (χ1n) is 7.58. The van der Waals surface area contributed by atoms with E-state index in [0.29, 0.717) is 5.56 Å². The van der Waals surface area contributed by atoms with E-state index in [1.54, 1.807) is 19.2 Å². The highest BCUT2D eigenvalue weighted by atomic mass is 16.5. The Balaban J connectivity index is 1.80. The number of para-hydroxylation sites is 1. The van der Waals surface area contributed by atoms with Crippen molar-refractivity contribution in [3.8, 4) is 5.75 Å². The molecule has 0 radical (unpaired) electrons. The van der Waals surface area contributed by atoms with Crippen LogP contribution >= 0.6 is 0 Å². The van der Waals surface area contributed by atoms with Gasteiger partial charge >= 0.3 is 5.97 Å². The number of ether oxygens (including phenoxy) is 1. The quantitative estimate of drug-likeness (QED) is 0.568. The molecule has 0 saturated carbocycles. The number of nitrogens with one attached hydrogen (secondary N) is 1. The lowest BCUT2D eigenvalue weighted by Gasteiger charge is -2.13. The molecule has 1 heterocycles. The normalized spacial score (nSPS) is 12.1. The van der Waals surface area contributed by atoms with Crippen molar-refractivity contribution in [2.75, 3.05) is 0 Å². The summed E-state index contributed by atoms with van der Waals surface area (Å²) in [5.41, 5.74) is 2.18. The molecule has 0 spiro atoms. The highest BCUT2D eigenvalue weighted by molar-refractivity contribution is 6.10. The van der Waals surface area contributed by atoms with Crippen LogP contribution in [0.15, 0.2) is 48.7 Å². The fourth-order valence-corrected chi connectivity index (χ4v) is 2.59. The van der Waals surface area contributed by atoms with Crippen LogP contribution in [0, 0.1) is 6.92 Å². The van der Waals surface area contributed by atoms with Crippen molar-refractivity contribution in [3.05, 3.63) is 65.4 Å². The number of phenols is 1. The number of esters is 1. The lowest BCUT2D eigenvalue weighted by molar-refractivity contribution is 0.0316. The molecule has 0 amide bonds. The first-order valence-corrected chi connectivity index (χ1v) is 7.58. The van der Waals surface area contributed by atoms with Gasteiger partial charge in [0, 0.05) is 22.7 Å². The van der Waals surface area contributed by atoms with Crippen LogP contribution < -0.4 is 0 Å². The number of aryl methyl sites for hydroxylation is 1. The van der Waals surface area contributed by atoms with E-state index in [1.165, 1.54) is 19.1 Å². The topological polar surface area (TPSA) is 79.4 Å². The SMILES string of the molecule is Cc1ccc(C(=O)O[C@H](C)C(=O)c2c[nH]c3ccccc23)c(O)c1. The number of fused-ring (bicyclic) bond motifs is 1. The van der Waals surface area contributed by atoms with Gasteiger partial charge in [0.15, 0.2) is 6.10 Å². The van der Waals surface area contributed by atoms with Crippen LogP contribution in [0.4, 0.5) is 0 Å². The summed E-state index contributed by atoms with van der Waals surface area (Å²) in [4.78, 5) is 27.8. The van der Waals surface area contributed by atoms with Crippen LogP contribution in [0.25, 0.3) is 10.9 Å². The van der Waals surface area contributed by atoms with Crippen molar-refractivity contribution in [2.45, 2.75) is 20.0 Å². The van der Waals surface area contributed by atoms with E-state index >= 15 is 0 Å². The van der Waals surface area contributed by atoms with E-state index in [1.807, 2.05) is 24.3 Å². The molecule has 5 heteroatoms. The first-order chi connectivity index (χ1) is 11.5. The highest BCUT2D eigenvalue weighted by Gasteiger charge is 2.24. The maximum atomic E-state index is 12.6. The van der Waals surface area contributed by atoms with Gasteiger partial charge in [-0.1, -0.05) is 24.3 Å². The second-order valence-electron chi connectivity index (χ2n) is 5.68. The van der Waals surface area contributed by atoms with Gasteiger partial charge in [0.1, 0.15) is 11.3 Å². The number of hydrogen-bond donors (Lipinski definition) is 2. The van der Waals surface area contributed by atoms with Gasteiger partial charge in [-0.05, 0) is 37.6 Å². The molecule has 0 bridgehead atoms. The Kier molecular flexibility index (Phi) is 4.08. The molecule has 1 aromatic heterocycles. The third kappa shape index (κ3) is 2.88. The van der Waals surface area contributed by atoms with Crippen molar-refractivity contribution in [3.63, 3.8) is 0 Å². The number of H-pyrrole nitrogens is 1. The maximum absolute atomic E-state index is 12.6. The molecule has 122 valence electrons. The van der Waals surface area contributed by atoms with Crippen molar-refractivity contribution in [2.24, 2.45) is 0 Å². The lowest BCUT2D eigenvalue weighted by atomic mass is 10.1. The minimum absolute atomic E-state index is 0.0409. The number of carbonyl (C=O) groups is 2. The maximum Gasteiger partial charge on any atom is 0.342 e. The Bertz CT molecular complexity index is 926. The van der Waals surface area contributed by atoms with E-state index < -0.39 is 12.1 Å². The fourth-order valence-electron chi connectivity index (χ4n) is 2.59. The predicted octanol–water partition coefficient (Wildman–Crippen LogP) is 3.61. The molecule has 0 fully saturated rings. The molecule has 0 aliphatic heterocycles. The predicted molar refractivity (Wildman–Crippen MR) is 90.4 cm³/mol. The van der Waals surface area contributed by atoms with Gasteiger partial charge in [-0.25, -0.2) is 4.79 Å². The summed E-state index contributed by atoms with van der Waals surface area (Å²) in [6.07, 6.45) is 0.651. The number of benzene rings is 2. The van der Waals surface area contributed by atoms with Gasteiger partial charge in [0.25, 0.3) is 0 Å². The minimum Gasteiger partial charge on any atom is -0.507 e. The second-order valence-corrected chi connectivity index (χ2v) is 5.68. The Morgan fingerprint density at radius 1 is 1.12 bits per heavy atom. The van der Waals surface area contributed by atoms with Gasteiger partial charge < -0.3 is 14.8 Å². The summed E-state index contributed by atoms with van der Waals surface area (Å²) < 4.78 is 5.23. The van der Waals surface area contributed by atoms with Crippen molar-refractivity contribution >= 4 is 22.7 Å². The van der Waals surface area contributed by atoms with Crippen LogP contribution in [0.3, 0.4) is 0 Å². The van der Waals surface area contributed by atoms with Gasteiger partial charge in [-0.3, -0.25) is 4.79 Å². The highest BCUT2D eigenvalue weighted by Crippen LogP contribution is 2.22. The van der Waals surface area contributed by atoms with E-state index in [4.69, 9.17) is 4.74 Å². The third-order valence-corrected chi connectivity index (χ3v) is 3.88. The summed E-state index contributed by atoms with van der Waals surface area (Å²) in [6, 6.07) is 12.1. The Labute approximate surface area is 138 Å². The zero-order valence-corrected chi connectivity index (χ0v) is 13.4. The van der Waals surface area contributed by atoms with Crippen molar-refractivity contribution in [1.82, 2.24) is 4.98 Å². The largest absolute Gasteiger partial charge is 0.507 e. The standard InChI is InChI=1S/C19H17NO4/c1-11-7-8-14(17(21)9-11)19(23)24-12(2)18(22)15-10-20-16-6-4-3-5-13(15)16/h3-10,12,20-21H,1-2H3/t12-/m1/s1. The van der Waals surface area contributed by atoms with Crippen LogP contribution in [-0.4, -0.2) is 27.9 Å². The molecule has 0 aliphatic carbocycles. The molecule has 2 N–H and O–H groups in total. The van der Waals surface area contributed by atoms with Crippen LogP contribution in [0.1, 0.15) is 33.2 Å². The number of aromatic nitrogens is 1. The van der Waals surface area contributed by atoms with Gasteiger partial charge in [-0.2, -0.15) is 0 Å². The number of rotatable bonds is 4. The number of Topliss-reactive ketones (excluding diaryl/α,β-unsaturated/α-hetero) is 1. The molecule has 0 unspecified atom stereocenters. The summed E-state index contributed by atoms with van der Waals surface area (Å²) in [5.74, 6) is -1.19. The summed E-state index contributed by atoms with van der Waals surface area (Å²) in [6.45, 7) is 3.32. The number of ketones is 1. The molecule has 0 aliphatic rings.